The van der Waals surface area contributed by atoms with E-state index in [1.807, 2.05) is 19.1 Å². The van der Waals surface area contributed by atoms with Gasteiger partial charge in [0.25, 0.3) is 0 Å². The van der Waals surface area contributed by atoms with Crippen LogP contribution in [0.1, 0.15) is 12.2 Å². The summed E-state index contributed by atoms with van der Waals surface area (Å²) in [5.41, 5.74) is 1.47. The molecule has 1 fully saturated rings. The Morgan fingerprint density at radius 3 is 3.05 bits per heavy atom. The Bertz CT molecular complexity index is 825. The summed E-state index contributed by atoms with van der Waals surface area (Å²) in [6.07, 6.45) is 2.55. The van der Waals surface area contributed by atoms with E-state index in [2.05, 4.69) is 9.97 Å². The van der Waals surface area contributed by atoms with E-state index in [9.17, 15) is 0 Å². The van der Waals surface area contributed by atoms with Gasteiger partial charge in [0.1, 0.15) is 17.1 Å². The molecule has 0 aliphatic carbocycles. The first kappa shape index (κ1) is 12.9. The third-order valence-electron chi connectivity index (χ3n) is 3.61. The van der Waals surface area contributed by atoms with Gasteiger partial charge in [0, 0.05) is 11.8 Å². The summed E-state index contributed by atoms with van der Waals surface area (Å²) in [6.45, 7) is 3.14. The van der Waals surface area contributed by atoms with Crippen molar-refractivity contribution >= 4 is 33.5 Å². The van der Waals surface area contributed by atoms with Gasteiger partial charge in [0.05, 0.1) is 30.4 Å². The van der Waals surface area contributed by atoms with Gasteiger partial charge in [0.15, 0.2) is 11.3 Å². The van der Waals surface area contributed by atoms with Crippen molar-refractivity contribution in [1.29, 1.82) is 0 Å². The van der Waals surface area contributed by atoms with Gasteiger partial charge in [-0.15, -0.1) is 0 Å². The van der Waals surface area contributed by atoms with E-state index in [4.69, 9.17) is 25.5 Å². The summed E-state index contributed by atoms with van der Waals surface area (Å²) in [5.74, 6) is 1.29. The van der Waals surface area contributed by atoms with Gasteiger partial charge in [-0.25, -0.2) is 9.97 Å². The molecule has 1 aromatic carbocycles. The second-order valence-corrected chi connectivity index (χ2v) is 5.46. The Morgan fingerprint density at radius 2 is 2.24 bits per heavy atom. The molecule has 1 aliphatic heterocycles. The SMILES string of the molecule is Cc1nc(Cl)c2cc(OC3CCOC3)c3occc3c2n1. The summed E-state index contributed by atoms with van der Waals surface area (Å²) < 4.78 is 16.9. The Balaban J connectivity index is 1.94. The van der Waals surface area contributed by atoms with Crippen LogP contribution in [0, 0.1) is 6.92 Å². The summed E-state index contributed by atoms with van der Waals surface area (Å²) >= 11 is 6.26. The lowest BCUT2D eigenvalue weighted by molar-refractivity contribution is 0.141. The van der Waals surface area contributed by atoms with E-state index in [1.165, 1.54) is 0 Å². The maximum absolute atomic E-state index is 6.26. The molecular formula is C15H13ClN2O3. The van der Waals surface area contributed by atoms with Crippen LogP contribution >= 0.6 is 11.6 Å². The molecular weight excluding hydrogens is 292 g/mol. The topological polar surface area (TPSA) is 57.4 Å². The van der Waals surface area contributed by atoms with Crippen LogP contribution < -0.4 is 4.74 Å². The highest BCUT2D eigenvalue weighted by molar-refractivity contribution is 6.35. The molecule has 6 heteroatoms. The van der Waals surface area contributed by atoms with Crippen LogP contribution in [0.5, 0.6) is 5.75 Å². The van der Waals surface area contributed by atoms with E-state index in [0.717, 1.165) is 29.3 Å². The Labute approximate surface area is 125 Å². The average molecular weight is 305 g/mol. The van der Waals surface area contributed by atoms with Crippen LogP contribution in [0.3, 0.4) is 0 Å². The lowest BCUT2D eigenvalue weighted by Gasteiger charge is -2.13. The Kier molecular flexibility index (Phi) is 2.97. The van der Waals surface area contributed by atoms with Gasteiger partial charge < -0.3 is 13.9 Å². The number of hydrogen-bond donors (Lipinski definition) is 0. The van der Waals surface area contributed by atoms with E-state index in [0.29, 0.717) is 28.9 Å². The molecule has 0 radical (unpaired) electrons. The van der Waals surface area contributed by atoms with E-state index in [-0.39, 0.29) is 6.10 Å². The molecule has 3 heterocycles. The summed E-state index contributed by atoms with van der Waals surface area (Å²) in [4.78, 5) is 8.68. The fraction of sp³-hybridized carbons (Fsp3) is 0.333. The molecule has 0 amide bonds. The molecule has 1 atom stereocenters. The monoisotopic (exact) mass is 304 g/mol. The minimum absolute atomic E-state index is 0.0425. The molecule has 21 heavy (non-hydrogen) atoms. The van der Waals surface area contributed by atoms with Crippen molar-refractivity contribution in [3.63, 3.8) is 0 Å². The number of ether oxygens (including phenoxy) is 2. The standard InChI is InChI=1S/C15H13ClN2O3/c1-8-17-13-10-3-5-20-14(10)12(6-11(13)15(16)18-8)21-9-2-4-19-7-9/h3,5-6,9H,2,4,7H2,1H3. The minimum Gasteiger partial charge on any atom is -0.484 e. The number of furan rings is 1. The van der Waals surface area contributed by atoms with Gasteiger partial charge >= 0.3 is 0 Å². The van der Waals surface area contributed by atoms with Crippen molar-refractivity contribution in [3.05, 3.63) is 29.4 Å². The zero-order valence-electron chi connectivity index (χ0n) is 11.4. The number of rotatable bonds is 2. The zero-order chi connectivity index (χ0) is 14.4. The summed E-state index contributed by atoms with van der Waals surface area (Å²) in [7, 11) is 0. The highest BCUT2D eigenvalue weighted by atomic mass is 35.5. The molecule has 0 spiro atoms. The molecule has 5 nitrogen and oxygen atoms in total. The van der Waals surface area contributed by atoms with Gasteiger partial charge in [-0.05, 0) is 19.1 Å². The number of benzene rings is 1. The van der Waals surface area contributed by atoms with E-state index >= 15 is 0 Å². The minimum atomic E-state index is 0.0425. The van der Waals surface area contributed by atoms with Crippen LogP contribution in [0.15, 0.2) is 22.8 Å². The van der Waals surface area contributed by atoms with Gasteiger partial charge in [-0.1, -0.05) is 11.6 Å². The van der Waals surface area contributed by atoms with Crippen molar-refractivity contribution in [2.45, 2.75) is 19.4 Å². The molecule has 1 saturated heterocycles. The lowest BCUT2D eigenvalue weighted by Crippen LogP contribution is -2.15. The fourth-order valence-electron chi connectivity index (χ4n) is 2.64. The molecule has 1 aliphatic rings. The Morgan fingerprint density at radius 1 is 1.33 bits per heavy atom. The summed E-state index contributed by atoms with van der Waals surface area (Å²) in [5, 5.41) is 2.08. The number of aromatic nitrogens is 2. The second-order valence-electron chi connectivity index (χ2n) is 5.10. The van der Waals surface area contributed by atoms with Gasteiger partial charge in [-0.2, -0.15) is 0 Å². The number of aryl methyl sites for hydroxylation is 1. The maximum atomic E-state index is 6.26. The van der Waals surface area contributed by atoms with Crippen molar-refractivity contribution < 1.29 is 13.9 Å². The van der Waals surface area contributed by atoms with Crippen LogP contribution in [-0.4, -0.2) is 29.3 Å². The number of halogens is 1. The van der Waals surface area contributed by atoms with Crippen molar-refractivity contribution in [1.82, 2.24) is 9.97 Å². The molecule has 4 rings (SSSR count). The fourth-order valence-corrected chi connectivity index (χ4v) is 2.90. The largest absolute Gasteiger partial charge is 0.484 e. The first-order valence-electron chi connectivity index (χ1n) is 6.81. The second kappa shape index (κ2) is 4.86. The number of hydrogen-bond acceptors (Lipinski definition) is 5. The molecule has 1 unspecified atom stereocenters. The highest BCUT2D eigenvalue weighted by Crippen LogP contribution is 2.36. The predicted molar refractivity (Wildman–Crippen MR) is 78.9 cm³/mol. The van der Waals surface area contributed by atoms with Gasteiger partial charge in [-0.3, -0.25) is 0 Å². The lowest BCUT2D eigenvalue weighted by atomic mass is 10.1. The smallest absolute Gasteiger partial charge is 0.177 e. The van der Waals surface area contributed by atoms with Crippen LogP contribution in [0.2, 0.25) is 5.15 Å². The van der Waals surface area contributed by atoms with E-state index < -0.39 is 0 Å². The molecule has 0 N–H and O–H groups in total. The Hall–Kier alpha value is -1.85. The third kappa shape index (κ3) is 2.13. The quantitative estimate of drug-likeness (QED) is 0.678. The first-order valence-corrected chi connectivity index (χ1v) is 7.18. The molecule has 0 bridgehead atoms. The molecule has 108 valence electrons. The normalized spacial score (nSPS) is 18.7. The average Bonchev–Trinajstić information content (AvgIpc) is 3.10. The number of nitrogens with zero attached hydrogens (tertiary/aromatic N) is 2. The predicted octanol–water partition coefficient (Wildman–Crippen LogP) is 3.51. The molecule has 2 aromatic heterocycles. The maximum Gasteiger partial charge on any atom is 0.177 e. The highest BCUT2D eigenvalue weighted by Gasteiger charge is 2.21. The zero-order valence-corrected chi connectivity index (χ0v) is 12.2. The first-order chi connectivity index (χ1) is 10.2. The van der Waals surface area contributed by atoms with Crippen LogP contribution in [-0.2, 0) is 4.74 Å². The molecule has 3 aromatic rings. The van der Waals surface area contributed by atoms with E-state index in [1.54, 1.807) is 6.26 Å². The van der Waals surface area contributed by atoms with Crippen molar-refractivity contribution in [2.75, 3.05) is 13.2 Å². The van der Waals surface area contributed by atoms with Crippen molar-refractivity contribution in [3.8, 4) is 5.75 Å². The van der Waals surface area contributed by atoms with Crippen molar-refractivity contribution in [2.24, 2.45) is 0 Å². The van der Waals surface area contributed by atoms with Crippen LogP contribution in [0.25, 0.3) is 21.9 Å². The van der Waals surface area contributed by atoms with Gasteiger partial charge in [0.2, 0.25) is 0 Å². The third-order valence-corrected chi connectivity index (χ3v) is 3.90. The van der Waals surface area contributed by atoms with Crippen LogP contribution in [0.4, 0.5) is 0 Å². The number of fused-ring (bicyclic) bond motifs is 3. The summed E-state index contributed by atoms with van der Waals surface area (Å²) in [6, 6.07) is 3.72. The molecule has 0 saturated carbocycles.